The summed E-state index contributed by atoms with van der Waals surface area (Å²) in [7, 11) is 3.69. The molecule has 0 atom stereocenters. The highest BCUT2D eigenvalue weighted by atomic mass is 19.4. The molecule has 31 heavy (non-hydrogen) atoms. The summed E-state index contributed by atoms with van der Waals surface area (Å²) in [4.78, 5) is 19.0. The molecular formula is C21H18F3N5O2. The number of nitrogens with zero attached hydrogens (tertiary/aromatic N) is 4. The second-order valence-electron chi connectivity index (χ2n) is 6.98. The first-order valence-corrected chi connectivity index (χ1v) is 9.30. The van der Waals surface area contributed by atoms with E-state index in [1.54, 1.807) is 4.52 Å². The monoisotopic (exact) mass is 429 g/mol. The lowest BCUT2D eigenvalue weighted by Crippen LogP contribution is -2.25. The summed E-state index contributed by atoms with van der Waals surface area (Å²) in [6.07, 6.45) is -4.89. The maximum absolute atomic E-state index is 12.6. The molecule has 0 saturated heterocycles. The number of para-hydroxylation sites is 2. The Morgan fingerprint density at radius 1 is 1.13 bits per heavy atom. The van der Waals surface area contributed by atoms with Crippen LogP contribution in [0.3, 0.4) is 0 Å². The number of hydrogen-bond donors (Lipinski definition) is 1. The van der Waals surface area contributed by atoms with Gasteiger partial charge in [0.1, 0.15) is 5.75 Å². The molecule has 1 amide bonds. The molecule has 4 aromatic rings. The zero-order chi connectivity index (χ0) is 22.2. The molecule has 2 aromatic carbocycles. The Morgan fingerprint density at radius 2 is 1.84 bits per heavy atom. The lowest BCUT2D eigenvalue weighted by atomic mass is 10.2. The van der Waals surface area contributed by atoms with Crippen LogP contribution in [0, 0.1) is 0 Å². The second-order valence-corrected chi connectivity index (χ2v) is 6.98. The molecule has 7 nitrogen and oxygen atoms in total. The van der Waals surface area contributed by atoms with Crippen molar-refractivity contribution < 1.29 is 22.7 Å². The van der Waals surface area contributed by atoms with Crippen LogP contribution in [0.4, 0.5) is 19.1 Å². The smallest absolute Gasteiger partial charge is 0.405 e. The van der Waals surface area contributed by atoms with E-state index in [0.717, 1.165) is 22.5 Å². The second kappa shape index (κ2) is 7.78. The molecule has 0 unspecified atom stereocenters. The van der Waals surface area contributed by atoms with E-state index in [1.165, 1.54) is 18.2 Å². The number of ether oxygens (including phenoxy) is 1. The quantitative estimate of drug-likeness (QED) is 0.523. The van der Waals surface area contributed by atoms with Crippen molar-refractivity contribution in [3.8, 4) is 5.75 Å². The fourth-order valence-electron chi connectivity index (χ4n) is 3.23. The fourth-order valence-corrected chi connectivity index (χ4v) is 3.23. The summed E-state index contributed by atoms with van der Waals surface area (Å²) < 4.78 is 43.4. The van der Waals surface area contributed by atoms with E-state index in [0.29, 0.717) is 11.6 Å². The van der Waals surface area contributed by atoms with Crippen LogP contribution in [0.15, 0.2) is 54.6 Å². The largest absolute Gasteiger partial charge is 0.573 e. The SMILES string of the molecule is CN(C)c1nc2ccccc2c2cc(CNC(=O)c3ccccc3OC(F)(F)F)nn12. The summed E-state index contributed by atoms with van der Waals surface area (Å²) in [5.74, 6) is -0.657. The lowest BCUT2D eigenvalue weighted by molar-refractivity contribution is -0.274. The van der Waals surface area contributed by atoms with Gasteiger partial charge in [0.2, 0.25) is 5.95 Å². The lowest BCUT2D eigenvalue weighted by Gasteiger charge is -2.14. The number of amides is 1. The van der Waals surface area contributed by atoms with Gasteiger partial charge in [0.15, 0.2) is 0 Å². The van der Waals surface area contributed by atoms with E-state index in [1.807, 2.05) is 49.3 Å². The van der Waals surface area contributed by atoms with Crippen molar-refractivity contribution in [2.75, 3.05) is 19.0 Å². The van der Waals surface area contributed by atoms with Crippen LogP contribution in [0.2, 0.25) is 0 Å². The van der Waals surface area contributed by atoms with Crippen LogP contribution in [-0.4, -0.2) is 41.0 Å². The third-order valence-corrected chi connectivity index (χ3v) is 4.54. The van der Waals surface area contributed by atoms with E-state index in [9.17, 15) is 18.0 Å². The summed E-state index contributed by atoms with van der Waals surface area (Å²) in [6.45, 7) is 0.0159. The summed E-state index contributed by atoms with van der Waals surface area (Å²) in [5.41, 5.74) is 1.92. The molecule has 4 rings (SSSR count). The Hall–Kier alpha value is -3.82. The van der Waals surface area contributed by atoms with Crippen LogP contribution in [0.1, 0.15) is 16.1 Å². The van der Waals surface area contributed by atoms with Crippen molar-refractivity contribution in [2.24, 2.45) is 0 Å². The number of hydrogen-bond acceptors (Lipinski definition) is 5. The average molecular weight is 429 g/mol. The van der Waals surface area contributed by atoms with Crippen molar-refractivity contribution in [1.29, 1.82) is 0 Å². The van der Waals surface area contributed by atoms with Gasteiger partial charge in [0, 0.05) is 19.5 Å². The van der Waals surface area contributed by atoms with Gasteiger partial charge in [-0.3, -0.25) is 4.79 Å². The maximum Gasteiger partial charge on any atom is 0.573 e. The van der Waals surface area contributed by atoms with Gasteiger partial charge in [0.25, 0.3) is 5.91 Å². The van der Waals surface area contributed by atoms with Crippen LogP contribution in [0.5, 0.6) is 5.75 Å². The number of aromatic nitrogens is 3. The molecule has 0 aliphatic carbocycles. The Bertz CT molecular complexity index is 1270. The molecule has 2 heterocycles. The number of fused-ring (bicyclic) bond motifs is 3. The number of benzene rings is 2. The van der Waals surface area contributed by atoms with Gasteiger partial charge in [-0.15, -0.1) is 13.2 Å². The predicted molar refractivity (Wildman–Crippen MR) is 109 cm³/mol. The molecule has 10 heteroatoms. The maximum atomic E-state index is 12.6. The molecule has 0 fully saturated rings. The third-order valence-electron chi connectivity index (χ3n) is 4.54. The minimum atomic E-state index is -4.89. The normalized spacial score (nSPS) is 11.6. The van der Waals surface area contributed by atoms with E-state index < -0.39 is 18.0 Å². The molecule has 0 aliphatic rings. The Kier molecular flexibility index (Phi) is 5.14. The Labute approximate surface area is 175 Å². The molecule has 1 N–H and O–H groups in total. The number of anilines is 1. The predicted octanol–water partition coefficient (Wildman–Crippen LogP) is 3.78. The first-order valence-electron chi connectivity index (χ1n) is 9.30. The molecule has 160 valence electrons. The van der Waals surface area contributed by atoms with Gasteiger partial charge in [0.05, 0.1) is 28.8 Å². The van der Waals surface area contributed by atoms with Crippen molar-refractivity contribution in [2.45, 2.75) is 12.9 Å². The summed E-state index contributed by atoms with van der Waals surface area (Å²) >= 11 is 0. The van der Waals surface area contributed by atoms with Gasteiger partial charge in [-0.2, -0.15) is 9.61 Å². The van der Waals surface area contributed by atoms with Crippen LogP contribution >= 0.6 is 0 Å². The van der Waals surface area contributed by atoms with Gasteiger partial charge in [-0.05, 0) is 24.3 Å². The fraction of sp³-hybridized carbons (Fsp3) is 0.190. The Balaban J connectivity index is 1.63. The minimum absolute atomic E-state index is 0.0159. The number of alkyl halides is 3. The van der Waals surface area contributed by atoms with E-state index in [2.05, 4.69) is 20.1 Å². The van der Waals surface area contributed by atoms with E-state index in [4.69, 9.17) is 0 Å². The number of carbonyl (C=O) groups excluding carboxylic acids is 1. The molecule has 2 aromatic heterocycles. The molecular weight excluding hydrogens is 411 g/mol. The van der Waals surface area contributed by atoms with Crippen molar-refractivity contribution in [3.63, 3.8) is 0 Å². The highest BCUT2D eigenvalue weighted by molar-refractivity contribution is 5.97. The van der Waals surface area contributed by atoms with E-state index >= 15 is 0 Å². The number of halogens is 3. The highest BCUT2D eigenvalue weighted by Crippen LogP contribution is 2.27. The van der Waals surface area contributed by atoms with Gasteiger partial charge in [-0.1, -0.05) is 30.3 Å². The van der Waals surface area contributed by atoms with Crippen LogP contribution in [0.25, 0.3) is 16.4 Å². The third kappa shape index (κ3) is 4.23. The topological polar surface area (TPSA) is 71.8 Å². The molecule has 0 spiro atoms. The van der Waals surface area contributed by atoms with E-state index in [-0.39, 0.29) is 12.1 Å². The summed E-state index contributed by atoms with van der Waals surface area (Å²) in [5, 5.41) is 8.01. The molecule has 0 aliphatic heterocycles. The van der Waals surface area contributed by atoms with Gasteiger partial charge < -0.3 is 15.0 Å². The Morgan fingerprint density at radius 3 is 2.58 bits per heavy atom. The zero-order valence-electron chi connectivity index (χ0n) is 16.6. The number of nitrogens with one attached hydrogen (secondary N) is 1. The number of carbonyl (C=O) groups is 1. The van der Waals surface area contributed by atoms with Crippen molar-refractivity contribution in [1.82, 2.24) is 19.9 Å². The minimum Gasteiger partial charge on any atom is -0.405 e. The standard InChI is InChI=1S/C21H18F3N5O2/c1-28(2)20-26-16-9-5-3-7-14(16)17-11-13(27-29(17)20)12-25-19(30)15-8-4-6-10-18(15)31-21(22,23)24/h3-11H,12H2,1-2H3,(H,25,30). The summed E-state index contributed by atoms with van der Waals surface area (Å²) in [6, 6.07) is 14.6. The first-order chi connectivity index (χ1) is 14.7. The molecule has 0 saturated carbocycles. The zero-order valence-corrected chi connectivity index (χ0v) is 16.6. The van der Waals surface area contributed by atoms with Crippen molar-refractivity contribution >= 4 is 28.3 Å². The number of rotatable bonds is 5. The van der Waals surface area contributed by atoms with Crippen LogP contribution in [-0.2, 0) is 6.54 Å². The van der Waals surface area contributed by atoms with Gasteiger partial charge in [-0.25, -0.2) is 4.98 Å². The molecule has 0 bridgehead atoms. The molecule has 0 radical (unpaired) electrons. The first kappa shape index (κ1) is 20.5. The van der Waals surface area contributed by atoms with Gasteiger partial charge >= 0.3 is 6.36 Å². The van der Waals surface area contributed by atoms with Crippen molar-refractivity contribution in [3.05, 3.63) is 65.9 Å². The average Bonchev–Trinajstić information content (AvgIpc) is 3.15. The highest BCUT2D eigenvalue weighted by Gasteiger charge is 2.32. The van der Waals surface area contributed by atoms with Crippen LogP contribution < -0.4 is 15.0 Å².